The second kappa shape index (κ2) is 11.7. The Kier molecular flexibility index (Phi) is 8.56. The van der Waals surface area contributed by atoms with Crippen LogP contribution in [0.25, 0.3) is 10.2 Å². The number of carbonyl (C=O) groups is 1. The number of anilines is 1. The number of benzene rings is 2. The normalized spacial score (nSPS) is 14.4. The molecule has 0 aliphatic carbocycles. The molecule has 37 heavy (non-hydrogen) atoms. The second-order valence-electron chi connectivity index (χ2n) is 8.80. The van der Waals surface area contributed by atoms with Gasteiger partial charge in [0.15, 0.2) is 5.13 Å². The molecule has 1 aromatic heterocycles. The zero-order valence-electron chi connectivity index (χ0n) is 21.8. The van der Waals surface area contributed by atoms with Gasteiger partial charge in [-0.05, 0) is 42.8 Å². The lowest BCUT2D eigenvalue weighted by Gasteiger charge is -2.34. The first-order valence-corrected chi connectivity index (χ1v) is 14.8. The van der Waals surface area contributed by atoms with Crippen LogP contribution in [-0.4, -0.2) is 82.0 Å². The molecule has 0 N–H and O–H groups in total. The largest absolute Gasteiger partial charge is 0.495 e. The third-order valence-electron chi connectivity index (χ3n) is 6.59. The molecule has 3 aromatic rings. The molecule has 11 heteroatoms. The lowest BCUT2D eigenvalue weighted by molar-refractivity contribution is 0.0746. The number of aromatic nitrogens is 1. The molecule has 1 saturated heterocycles. The fourth-order valence-corrected chi connectivity index (χ4v) is 7.01. The lowest BCUT2D eigenvalue weighted by atomic mass is 10.2. The molecular weight excluding hydrogens is 512 g/mol. The van der Waals surface area contributed by atoms with Crippen LogP contribution in [0, 0.1) is 0 Å². The molecule has 1 fully saturated rings. The van der Waals surface area contributed by atoms with Gasteiger partial charge in [0.2, 0.25) is 10.0 Å². The van der Waals surface area contributed by atoms with Crippen LogP contribution in [0.5, 0.6) is 11.5 Å². The molecule has 1 aliphatic rings. The highest BCUT2D eigenvalue weighted by Gasteiger charge is 2.27. The van der Waals surface area contributed by atoms with Crippen LogP contribution >= 0.6 is 11.3 Å². The number of methoxy groups -OCH3 is 2. The quantitative estimate of drug-likeness (QED) is 0.378. The first kappa shape index (κ1) is 27.2. The van der Waals surface area contributed by atoms with Gasteiger partial charge in [-0.2, -0.15) is 4.31 Å². The van der Waals surface area contributed by atoms with Crippen LogP contribution in [0.1, 0.15) is 37.0 Å². The summed E-state index contributed by atoms with van der Waals surface area (Å²) < 4.78 is 39.3. The Morgan fingerprint density at radius 3 is 2.24 bits per heavy atom. The number of sulfonamides is 1. The minimum absolute atomic E-state index is 0.102. The van der Waals surface area contributed by atoms with Crippen molar-refractivity contribution in [2.45, 2.75) is 31.6 Å². The van der Waals surface area contributed by atoms with Gasteiger partial charge >= 0.3 is 0 Å². The van der Waals surface area contributed by atoms with Gasteiger partial charge in [-0.25, -0.2) is 13.4 Å². The van der Waals surface area contributed by atoms with Gasteiger partial charge in [-0.3, -0.25) is 4.79 Å². The molecule has 0 saturated carbocycles. The monoisotopic (exact) mass is 546 g/mol. The molecule has 0 radical (unpaired) electrons. The van der Waals surface area contributed by atoms with Crippen molar-refractivity contribution in [3.8, 4) is 11.5 Å². The zero-order valence-corrected chi connectivity index (χ0v) is 23.4. The molecular formula is C26H34N4O5S2. The van der Waals surface area contributed by atoms with E-state index in [0.717, 1.165) is 33.9 Å². The van der Waals surface area contributed by atoms with E-state index in [9.17, 15) is 13.2 Å². The van der Waals surface area contributed by atoms with Gasteiger partial charge in [-0.15, -0.1) is 0 Å². The van der Waals surface area contributed by atoms with E-state index in [1.165, 1.54) is 16.4 Å². The molecule has 1 aliphatic heterocycles. The molecule has 9 nitrogen and oxygen atoms in total. The topological polar surface area (TPSA) is 92.3 Å². The van der Waals surface area contributed by atoms with Crippen molar-refractivity contribution in [2.75, 3.05) is 58.4 Å². The van der Waals surface area contributed by atoms with E-state index in [1.807, 2.05) is 26.0 Å². The number of thiazole rings is 1. The standard InChI is InChI=1S/C26H34N4O5S2/c1-5-7-14-30(6-2)37(32,33)20-10-8-19(9-11-20)25(31)28-15-17-29(18-16-28)26-27-23-21(34-3)12-13-22(35-4)24(23)36-26/h8-13H,5-7,14-18H2,1-4H3. The van der Waals surface area contributed by atoms with Crippen molar-refractivity contribution in [2.24, 2.45) is 0 Å². The minimum atomic E-state index is -3.57. The van der Waals surface area contributed by atoms with E-state index < -0.39 is 10.0 Å². The number of unbranched alkanes of at least 4 members (excludes halogenated alkanes) is 1. The van der Waals surface area contributed by atoms with Crippen molar-refractivity contribution in [3.63, 3.8) is 0 Å². The van der Waals surface area contributed by atoms with Crippen LogP contribution in [0.2, 0.25) is 0 Å². The summed E-state index contributed by atoms with van der Waals surface area (Å²) in [4.78, 5) is 22.1. The highest BCUT2D eigenvalue weighted by Crippen LogP contribution is 2.40. The summed E-state index contributed by atoms with van der Waals surface area (Å²) >= 11 is 1.55. The summed E-state index contributed by atoms with van der Waals surface area (Å²) in [5.41, 5.74) is 1.25. The summed E-state index contributed by atoms with van der Waals surface area (Å²) in [7, 11) is -0.310. The summed E-state index contributed by atoms with van der Waals surface area (Å²) in [6.45, 7) is 7.17. The smallest absolute Gasteiger partial charge is 0.253 e. The fraction of sp³-hybridized carbons (Fsp3) is 0.462. The van der Waals surface area contributed by atoms with Crippen LogP contribution < -0.4 is 14.4 Å². The lowest BCUT2D eigenvalue weighted by Crippen LogP contribution is -2.48. The predicted molar refractivity (Wildman–Crippen MR) is 147 cm³/mol. The van der Waals surface area contributed by atoms with Crippen molar-refractivity contribution in [1.29, 1.82) is 0 Å². The number of ether oxygens (including phenoxy) is 2. The van der Waals surface area contributed by atoms with E-state index in [4.69, 9.17) is 14.5 Å². The van der Waals surface area contributed by atoms with Crippen molar-refractivity contribution in [3.05, 3.63) is 42.0 Å². The Labute approximate surface area is 222 Å². The number of amides is 1. The number of carbonyl (C=O) groups excluding carboxylic acids is 1. The van der Waals surface area contributed by atoms with Gasteiger partial charge in [0.25, 0.3) is 5.91 Å². The maximum Gasteiger partial charge on any atom is 0.253 e. The van der Waals surface area contributed by atoms with Crippen LogP contribution in [0.3, 0.4) is 0 Å². The van der Waals surface area contributed by atoms with Crippen LogP contribution in [-0.2, 0) is 10.0 Å². The number of fused-ring (bicyclic) bond motifs is 1. The molecule has 2 aromatic carbocycles. The van der Waals surface area contributed by atoms with E-state index in [1.54, 1.807) is 42.6 Å². The summed E-state index contributed by atoms with van der Waals surface area (Å²) in [6, 6.07) is 10.0. The SMILES string of the molecule is CCCCN(CC)S(=O)(=O)c1ccc(C(=O)N2CCN(c3nc4c(OC)ccc(OC)c4s3)CC2)cc1. The van der Waals surface area contributed by atoms with Gasteiger partial charge in [-0.1, -0.05) is 31.6 Å². The maximum absolute atomic E-state index is 13.1. The molecule has 0 bridgehead atoms. The molecule has 1 amide bonds. The van der Waals surface area contributed by atoms with Crippen molar-refractivity contribution < 1.29 is 22.7 Å². The van der Waals surface area contributed by atoms with E-state index in [2.05, 4.69) is 4.90 Å². The summed E-state index contributed by atoms with van der Waals surface area (Å²) in [5.74, 6) is 1.35. The highest BCUT2D eigenvalue weighted by atomic mass is 32.2. The average molecular weight is 547 g/mol. The highest BCUT2D eigenvalue weighted by molar-refractivity contribution is 7.89. The van der Waals surface area contributed by atoms with Crippen LogP contribution in [0.15, 0.2) is 41.3 Å². The predicted octanol–water partition coefficient (Wildman–Crippen LogP) is 4.09. The first-order valence-electron chi connectivity index (χ1n) is 12.5. The molecule has 0 spiro atoms. The van der Waals surface area contributed by atoms with Crippen molar-refractivity contribution in [1.82, 2.24) is 14.2 Å². The molecule has 0 unspecified atom stereocenters. The van der Waals surface area contributed by atoms with Gasteiger partial charge in [0.05, 0.1) is 19.1 Å². The number of nitrogens with zero attached hydrogens (tertiary/aromatic N) is 4. The Bertz CT molecular complexity index is 1290. The Morgan fingerprint density at radius 2 is 1.65 bits per heavy atom. The fourth-order valence-electron chi connectivity index (χ4n) is 4.39. The second-order valence-corrected chi connectivity index (χ2v) is 11.7. The molecule has 200 valence electrons. The van der Waals surface area contributed by atoms with E-state index >= 15 is 0 Å². The summed E-state index contributed by atoms with van der Waals surface area (Å²) in [6.07, 6.45) is 1.74. The van der Waals surface area contributed by atoms with Gasteiger partial charge in [0.1, 0.15) is 21.7 Å². The molecule has 0 atom stereocenters. The van der Waals surface area contributed by atoms with Gasteiger partial charge < -0.3 is 19.3 Å². The Balaban J connectivity index is 1.43. The minimum Gasteiger partial charge on any atom is -0.495 e. The van der Waals surface area contributed by atoms with Crippen molar-refractivity contribution >= 4 is 42.6 Å². The third-order valence-corrected chi connectivity index (χ3v) is 9.71. The first-order chi connectivity index (χ1) is 17.8. The maximum atomic E-state index is 13.1. The number of piperazine rings is 1. The molecule has 2 heterocycles. The van der Waals surface area contributed by atoms with Crippen LogP contribution in [0.4, 0.5) is 5.13 Å². The van der Waals surface area contributed by atoms with E-state index in [0.29, 0.717) is 50.6 Å². The molecule has 4 rings (SSSR count). The Hall–Kier alpha value is -2.89. The zero-order chi connectivity index (χ0) is 26.6. The Morgan fingerprint density at radius 1 is 1.00 bits per heavy atom. The van der Waals surface area contributed by atoms with Gasteiger partial charge in [0, 0.05) is 44.8 Å². The average Bonchev–Trinajstić information content (AvgIpc) is 3.38. The summed E-state index contributed by atoms with van der Waals surface area (Å²) in [5, 5.41) is 0.864. The number of rotatable bonds is 10. The number of hydrogen-bond donors (Lipinski definition) is 0. The third kappa shape index (κ3) is 5.53. The number of hydrogen-bond acceptors (Lipinski definition) is 8. The van der Waals surface area contributed by atoms with E-state index in [-0.39, 0.29) is 10.8 Å².